The van der Waals surface area contributed by atoms with Gasteiger partial charge in [0.25, 0.3) is 5.91 Å². The van der Waals surface area contributed by atoms with Gasteiger partial charge in [-0.2, -0.15) is 10.5 Å². The highest BCUT2D eigenvalue weighted by Gasteiger charge is 2.24. The van der Waals surface area contributed by atoms with Gasteiger partial charge in [0, 0.05) is 13.1 Å². The van der Waals surface area contributed by atoms with Gasteiger partial charge in [-0.1, -0.05) is 18.2 Å². The number of sulfonamides is 1. The van der Waals surface area contributed by atoms with Gasteiger partial charge >= 0.3 is 5.97 Å². The monoisotopic (exact) mass is 406 g/mol. The highest BCUT2D eigenvalue weighted by Crippen LogP contribution is 2.21. The maximum Gasteiger partial charge on any atom is 0.327 e. The Balaban J connectivity index is 2.77. The van der Waals surface area contributed by atoms with Gasteiger partial charge in [0.1, 0.15) is 6.54 Å². The molecule has 0 saturated carbocycles. The number of ether oxygens (including phenoxy) is 1. The Labute approximate surface area is 164 Å². The van der Waals surface area contributed by atoms with Crippen LogP contribution in [0.3, 0.4) is 0 Å². The predicted octanol–water partition coefficient (Wildman–Crippen LogP) is 0.960. The Morgan fingerprint density at radius 1 is 1.11 bits per heavy atom. The number of hydrogen-bond acceptors (Lipinski definition) is 7. The van der Waals surface area contributed by atoms with Crippen LogP contribution in [-0.2, 0) is 24.3 Å². The first kappa shape index (κ1) is 22.9. The molecule has 150 valence electrons. The third-order valence-corrected chi connectivity index (χ3v) is 4.88. The molecule has 0 spiro atoms. The quantitative estimate of drug-likeness (QED) is 0.529. The van der Waals surface area contributed by atoms with Gasteiger partial charge in [0.2, 0.25) is 10.0 Å². The molecule has 0 N–H and O–H groups in total. The molecule has 0 bridgehead atoms. The molecular formula is C18H22N4O5S. The van der Waals surface area contributed by atoms with E-state index in [2.05, 4.69) is 0 Å². The molecule has 0 aliphatic rings. The lowest BCUT2D eigenvalue weighted by Gasteiger charge is -2.24. The number of rotatable bonds is 10. The number of esters is 1. The summed E-state index contributed by atoms with van der Waals surface area (Å²) in [4.78, 5) is 25.6. The van der Waals surface area contributed by atoms with Crippen molar-refractivity contribution in [3.63, 3.8) is 0 Å². The van der Waals surface area contributed by atoms with Crippen molar-refractivity contribution in [2.75, 3.05) is 36.8 Å². The van der Waals surface area contributed by atoms with Crippen LogP contribution in [0.2, 0.25) is 0 Å². The molecule has 1 amide bonds. The fourth-order valence-corrected chi connectivity index (χ4v) is 3.25. The number of aryl methyl sites for hydroxylation is 1. The number of amides is 1. The summed E-state index contributed by atoms with van der Waals surface area (Å²) >= 11 is 0. The van der Waals surface area contributed by atoms with Gasteiger partial charge in [-0.3, -0.25) is 13.9 Å². The molecule has 0 heterocycles. The lowest BCUT2D eigenvalue weighted by molar-refractivity contribution is -0.150. The number of anilines is 1. The first-order valence-electron chi connectivity index (χ1n) is 8.41. The Bertz CT molecular complexity index is 868. The van der Waals surface area contributed by atoms with Crippen LogP contribution < -0.4 is 4.31 Å². The number of benzene rings is 1. The summed E-state index contributed by atoms with van der Waals surface area (Å²) in [5.74, 6) is -1.44. The minimum absolute atomic E-state index is 0.0836. The van der Waals surface area contributed by atoms with Gasteiger partial charge in [-0.15, -0.1) is 0 Å². The van der Waals surface area contributed by atoms with Crippen LogP contribution >= 0.6 is 0 Å². The van der Waals surface area contributed by atoms with Crippen LogP contribution in [0.15, 0.2) is 24.3 Å². The molecule has 0 fully saturated rings. The maximum absolute atomic E-state index is 12.2. The topological polar surface area (TPSA) is 132 Å². The Morgan fingerprint density at radius 3 is 2.18 bits per heavy atom. The first-order valence-corrected chi connectivity index (χ1v) is 10.3. The molecule has 0 unspecified atom stereocenters. The SMILES string of the molecule is Cc1ccccc1N(CC(=O)OCC(=O)N(CCC#N)CCC#N)S(C)(=O)=O. The Hall–Kier alpha value is -3.11. The molecule has 0 aliphatic carbocycles. The van der Waals surface area contributed by atoms with Gasteiger partial charge in [0.05, 0.1) is 36.9 Å². The maximum atomic E-state index is 12.2. The van der Waals surface area contributed by atoms with E-state index in [0.29, 0.717) is 11.3 Å². The van der Waals surface area contributed by atoms with E-state index in [0.717, 1.165) is 10.6 Å². The van der Waals surface area contributed by atoms with Gasteiger partial charge < -0.3 is 9.64 Å². The van der Waals surface area contributed by atoms with E-state index in [1.165, 1.54) is 4.90 Å². The lowest BCUT2D eigenvalue weighted by atomic mass is 10.2. The van der Waals surface area contributed by atoms with Crippen LogP contribution in [0.1, 0.15) is 18.4 Å². The molecule has 0 saturated heterocycles. The molecule has 1 aromatic carbocycles. The Kier molecular flexibility index (Phi) is 8.93. The van der Waals surface area contributed by atoms with Crippen molar-refractivity contribution in [1.29, 1.82) is 10.5 Å². The van der Waals surface area contributed by atoms with Crippen LogP contribution in [0.25, 0.3) is 0 Å². The van der Waals surface area contributed by atoms with Gasteiger partial charge in [-0.25, -0.2) is 8.42 Å². The molecule has 28 heavy (non-hydrogen) atoms. The van der Waals surface area contributed by atoms with Crippen LogP contribution in [0.5, 0.6) is 0 Å². The standard InChI is InChI=1S/C18H22N4O5S/c1-15-7-3-4-8-16(15)22(28(2,25)26)13-18(24)27-14-17(23)21(11-5-9-19)12-6-10-20/h3-4,7-8H,5-6,11-14H2,1-2H3. The molecule has 0 aliphatic heterocycles. The number of nitrogens with zero attached hydrogens (tertiary/aromatic N) is 4. The van der Waals surface area contributed by atoms with E-state index in [1.54, 1.807) is 31.2 Å². The summed E-state index contributed by atoms with van der Waals surface area (Å²) < 4.78 is 30.0. The summed E-state index contributed by atoms with van der Waals surface area (Å²) in [6, 6.07) is 10.5. The summed E-state index contributed by atoms with van der Waals surface area (Å²) in [7, 11) is -3.75. The van der Waals surface area contributed by atoms with Crippen molar-refractivity contribution in [2.45, 2.75) is 19.8 Å². The summed E-state index contributed by atoms with van der Waals surface area (Å²) in [5, 5.41) is 17.3. The zero-order valence-corrected chi connectivity index (χ0v) is 16.6. The number of nitriles is 2. The minimum Gasteiger partial charge on any atom is -0.454 e. The molecule has 0 atom stereocenters. The fourth-order valence-electron chi connectivity index (χ4n) is 2.35. The molecule has 0 aromatic heterocycles. The summed E-state index contributed by atoms with van der Waals surface area (Å²) in [6.45, 7) is 0.777. The molecule has 9 nitrogen and oxygen atoms in total. The first-order chi connectivity index (χ1) is 13.2. The number of carbonyl (C=O) groups is 2. The average Bonchev–Trinajstić information content (AvgIpc) is 2.64. The molecule has 1 aromatic rings. The molecule has 1 rings (SSSR count). The zero-order valence-electron chi connectivity index (χ0n) is 15.8. The lowest BCUT2D eigenvalue weighted by Crippen LogP contribution is -2.39. The van der Waals surface area contributed by atoms with Crippen molar-refractivity contribution in [3.8, 4) is 12.1 Å². The number of para-hydroxylation sites is 1. The van der Waals surface area contributed by atoms with Crippen molar-refractivity contribution in [1.82, 2.24) is 4.90 Å². The van der Waals surface area contributed by atoms with Crippen LogP contribution in [0, 0.1) is 29.6 Å². The smallest absolute Gasteiger partial charge is 0.327 e. The second kappa shape index (κ2) is 10.9. The third-order valence-electron chi connectivity index (χ3n) is 3.75. The van der Waals surface area contributed by atoms with Gasteiger partial charge in [0.15, 0.2) is 6.61 Å². The van der Waals surface area contributed by atoms with E-state index in [9.17, 15) is 18.0 Å². The van der Waals surface area contributed by atoms with E-state index < -0.39 is 35.1 Å². The molecule has 0 radical (unpaired) electrons. The van der Waals surface area contributed by atoms with Gasteiger partial charge in [-0.05, 0) is 18.6 Å². The van der Waals surface area contributed by atoms with Crippen LogP contribution in [0.4, 0.5) is 5.69 Å². The highest BCUT2D eigenvalue weighted by atomic mass is 32.2. The van der Waals surface area contributed by atoms with E-state index in [1.807, 2.05) is 12.1 Å². The largest absolute Gasteiger partial charge is 0.454 e. The van der Waals surface area contributed by atoms with Crippen LogP contribution in [-0.4, -0.2) is 57.7 Å². The second-order valence-electron chi connectivity index (χ2n) is 5.91. The fraction of sp³-hybridized carbons (Fsp3) is 0.444. The van der Waals surface area contributed by atoms with Crippen molar-refractivity contribution >= 4 is 27.6 Å². The van der Waals surface area contributed by atoms with Crippen molar-refractivity contribution in [2.24, 2.45) is 0 Å². The highest BCUT2D eigenvalue weighted by molar-refractivity contribution is 7.92. The van der Waals surface area contributed by atoms with Crippen molar-refractivity contribution in [3.05, 3.63) is 29.8 Å². The van der Waals surface area contributed by atoms with Crippen molar-refractivity contribution < 1.29 is 22.7 Å². The summed E-state index contributed by atoms with van der Waals surface area (Å²) in [5.41, 5.74) is 1.01. The normalized spacial score (nSPS) is 10.4. The van der Waals surface area contributed by atoms with E-state index >= 15 is 0 Å². The predicted molar refractivity (Wildman–Crippen MR) is 101 cm³/mol. The average molecular weight is 406 g/mol. The second-order valence-corrected chi connectivity index (χ2v) is 7.82. The third kappa shape index (κ3) is 7.25. The molecular weight excluding hydrogens is 384 g/mol. The number of carbonyl (C=O) groups excluding carboxylic acids is 2. The van der Waals surface area contributed by atoms with E-state index in [-0.39, 0.29) is 25.9 Å². The number of hydrogen-bond donors (Lipinski definition) is 0. The van der Waals surface area contributed by atoms with E-state index in [4.69, 9.17) is 15.3 Å². The Morgan fingerprint density at radius 2 is 1.68 bits per heavy atom. The summed E-state index contributed by atoms with van der Waals surface area (Å²) in [6.07, 6.45) is 1.14. The molecule has 10 heteroatoms. The minimum atomic E-state index is -3.75. The zero-order chi connectivity index (χ0) is 21.2.